The summed E-state index contributed by atoms with van der Waals surface area (Å²) in [5, 5.41) is 8.88. The number of hydrogen-bond acceptors (Lipinski definition) is 3. The Hall–Kier alpha value is -0.510. The van der Waals surface area contributed by atoms with Crippen molar-refractivity contribution in [3.63, 3.8) is 0 Å². The molecule has 2 atom stereocenters. The van der Waals surface area contributed by atoms with Crippen molar-refractivity contribution < 1.29 is 9.90 Å². The molecule has 2 nitrogen and oxygen atoms in total. The van der Waals surface area contributed by atoms with E-state index in [0.717, 1.165) is 11.8 Å². The summed E-state index contributed by atoms with van der Waals surface area (Å²) in [7, 11) is 0. The summed E-state index contributed by atoms with van der Waals surface area (Å²) < 4.78 is -0.194. The second-order valence-corrected chi connectivity index (χ2v) is 7.09. The van der Waals surface area contributed by atoms with Gasteiger partial charge in [0.1, 0.15) is 11.5 Å². The summed E-state index contributed by atoms with van der Waals surface area (Å²) >= 11 is 7.16. The summed E-state index contributed by atoms with van der Waals surface area (Å²) in [5.74, 6) is 0. The van der Waals surface area contributed by atoms with Gasteiger partial charge in [0.05, 0.1) is 0 Å². The summed E-state index contributed by atoms with van der Waals surface area (Å²) in [6, 6.07) is 8.99. The Morgan fingerprint density at radius 1 is 1.29 bits per heavy atom. The highest BCUT2D eigenvalue weighted by molar-refractivity contribution is 8.15. The van der Waals surface area contributed by atoms with Crippen molar-refractivity contribution in [2.75, 3.05) is 0 Å². The number of alkyl halides is 1. The molecule has 94 valence electrons. The molecule has 0 spiro atoms. The van der Waals surface area contributed by atoms with E-state index < -0.39 is 11.5 Å². The minimum atomic E-state index is -0.958. The van der Waals surface area contributed by atoms with Crippen molar-refractivity contribution >= 4 is 28.5 Å². The van der Waals surface area contributed by atoms with Gasteiger partial charge < -0.3 is 5.11 Å². The predicted molar refractivity (Wildman–Crippen MR) is 73.4 cm³/mol. The van der Waals surface area contributed by atoms with Crippen LogP contribution in [0.2, 0.25) is 0 Å². The molecule has 0 radical (unpaired) electrons. The number of benzene rings is 1. The molecule has 0 fully saturated rings. The predicted octanol–water partition coefficient (Wildman–Crippen LogP) is 3.39. The Bertz CT molecular complexity index is 373. The normalized spacial score (nSPS) is 15.4. The molecular weight excluding hydrogens is 256 g/mol. The maximum atomic E-state index is 11.8. The first-order valence-electron chi connectivity index (χ1n) is 5.41. The highest BCUT2D eigenvalue weighted by Crippen LogP contribution is 2.31. The molecule has 0 aromatic heterocycles. The van der Waals surface area contributed by atoms with Gasteiger partial charge in [-0.3, -0.25) is 4.79 Å². The third-order valence-electron chi connectivity index (χ3n) is 2.05. The lowest BCUT2D eigenvalue weighted by Crippen LogP contribution is -2.24. The highest BCUT2D eigenvalue weighted by Gasteiger charge is 2.29. The van der Waals surface area contributed by atoms with Crippen molar-refractivity contribution in [1.29, 1.82) is 0 Å². The average Bonchev–Trinajstić information content (AvgIpc) is 2.26. The zero-order chi connectivity index (χ0) is 13.1. The van der Waals surface area contributed by atoms with E-state index in [0.29, 0.717) is 5.56 Å². The van der Waals surface area contributed by atoms with Crippen LogP contribution in [-0.4, -0.2) is 20.3 Å². The van der Waals surface area contributed by atoms with Gasteiger partial charge in [0, 0.05) is 4.75 Å². The molecule has 0 saturated heterocycles. The summed E-state index contributed by atoms with van der Waals surface area (Å²) in [6.45, 7) is 5.82. The van der Waals surface area contributed by atoms with Gasteiger partial charge in [-0.1, -0.05) is 62.9 Å². The fourth-order valence-corrected chi connectivity index (χ4v) is 2.43. The molecule has 0 amide bonds. The fraction of sp³-hybridized carbons (Fsp3) is 0.462. The average molecular weight is 273 g/mol. The van der Waals surface area contributed by atoms with E-state index in [1.165, 1.54) is 0 Å². The van der Waals surface area contributed by atoms with E-state index in [4.69, 9.17) is 11.6 Å². The van der Waals surface area contributed by atoms with Crippen LogP contribution in [0.4, 0.5) is 0 Å². The van der Waals surface area contributed by atoms with E-state index in [1.54, 1.807) is 12.1 Å². The molecule has 0 aliphatic rings. The van der Waals surface area contributed by atoms with E-state index in [9.17, 15) is 9.90 Å². The Labute approximate surface area is 111 Å². The number of halogens is 1. The third kappa shape index (κ3) is 4.70. The largest absolute Gasteiger partial charge is 0.386 e. The van der Waals surface area contributed by atoms with Gasteiger partial charge in [-0.25, -0.2) is 0 Å². The van der Waals surface area contributed by atoms with Gasteiger partial charge in [-0.2, -0.15) is 0 Å². The second-order valence-electron chi connectivity index (χ2n) is 4.79. The maximum Gasteiger partial charge on any atom is 0.210 e. The van der Waals surface area contributed by atoms with Crippen LogP contribution >= 0.6 is 23.4 Å². The first-order chi connectivity index (χ1) is 7.81. The van der Waals surface area contributed by atoms with Crippen LogP contribution < -0.4 is 0 Å². The molecule has 0 heterocycles. The van der Waals surface area contributed by atoms with Crippen molar-refractivity contribution in [1.82, 2.24) is 0 Å². The van der Waals surface area contributed by atoms with Crippen molar-refractivity contribution in [3.05, 3.63) is 35.9 Å². The van der Waals surface area contributed by atoms with Crippen LogP contribution in [0.5, 0.6) is 0 Å². The van der Waals surface area contributed by atoms with Crippen molar-refractivity contribution in [3.8, 4) is 0 Å². The zero-order valence-corrected chi connectivity index (χ0v) is 11.8. The van der Waals surface area contributed by atoms with Gasteiger partial charge in [0.15, 0.2) is 0 Å². The minimum Gasteiger partial charge on any atom is -0.386 e. The van der Waals surface area contributed by atoms with E-state index in [1.807, 2.05) is 39.0 Å². The van der Waals surface area contributed by atoms with Crippen LogP contribution in [0.1, 0.15) is 32.4 Å². The van der Waals surface area contributed by atoms with Crippen LogP contribution in [0.3, 0.4) is 0 Å². The van der Waals surface area contributed by atoms with Crippen molar-refractivity contribution in [2.45, 2.75) is 37.0 Å². The van der Waals surface area contributed by atoms with Crippen LogP contribution in [0.25, 0.3) is 0 Å². The molecule has 1 aromatic rings. The van der Waals surface area contributed by atoms with Gasteiger partial charge in [-0.15, -0.1) is 11.6 Å². The number of carbonyl (C=O) groups excluding carboxylic acids is 1. The molecule has 17 heavy (non-hydrogen) atoms. The molecule has 1 rings (SSSR count). The molecule has 0 aliphatic heterocycles. The fourth-order valence-electron chi connectivity index (χ4n) is 1.31. The Balaban J connectivity index is 2.70. The number of aliphatic hydroxyl groups excluding tert-OH is 1. The maximum absolute atomic E-state index is 11.8. The number of hydrogen-bond donors (Lipinski definition) is 1. The molecule has 0 saturated carbocycles. The standard InChI is InChI=1S/C13H17ClO2S/c1-13(2,3)17-12(16)10(14)11(15)9-7-5-4-6-8-9/h4-8,10-11,15H,1-3H3/t10-,11-/m0/s1. The summed E-state index contributed by atoms with van der Waals surface area (Å²) in [6.07, 6.45) is -0.958. The number of carbonyl (C=O) groups is 1. The number of rotatable bonds is 3. The third-order valence-corrected chi connectivity index (χ3v) is 3.68. The zero-order valence-electron chi connectivity index (χ0n) is 10.2. The van der Waals surface area contributed by atoms with Crippen LogP contribution in [0.15, 0.2) is 30.3 Å². The smallest absolute Gasteiger partial charge is 0.210 e. The molecule has 0 aliphatic carbocycles. The van der Waals surface area contributed by atoms with Crippen molar-refractivity contribution in [2.24, 2.45) is 0 Å². The lowest BCUT2D eigenvalue weighted by Gasteiger charge is -2.21. The van der Waals surface area contributed by atoms with E-state index in [2.05, 4.69) is 0 Å². The number of thioether (sulfide) groups is 1. The quantitative estimate of drug-likeness (QED) is 0.857. The van der Waals surface area contributed by atoms with Gasteiger partial charge in [0.25, 0.3) is 0 Å². The van der Waals surface area contributed by atoms with Gasteiger partial charge >= 0.3 is 0 Å². The summed E-state index contributed by atoms with van der Waals surface area (Å²) in [5.41, 5.74) is 0.662. The van der Waals surface area contributed by atoms with Crippen LogP contribution in [-0.2, 0) is 4.79 Å². The Morgan fingerprint density at radius 3 is 2.29 bits per heavy atom. The SMILES string of the molecule is CC(C)(C)SC(=O)[C@@H](Cl)[C@@H](O)c1ccccc1. The molecule has 0 bridgehead atoms. The Morgan fingerprint density at radius 2 is 1.82 bits per heavy atom. The Kier molecular flexibility index (Phi) is 5.04. The lowest BCUT2D eigenvalue weighted by molar-refractivity contribution is -0.112. The first kappa shape index (κ1) is 14.6. The summed E-state index contributed by atoms with van der Waals surface area (Å²) in [4.78, 5) is 11.8. The molecule has 1 N–H and O–H groups in total. The van der Waals surface area contributed by atoms with Gasteiger partial charge in [-0.05, 0) is 5.56 Å². The molecule has 4 heteroatoms. The highest BCUT2D eigenvalue weighted by atomic mass is 35.5. The lowest BCUT2D eigenvalue weighted by atomic mass is 10.1. The van der Waals surface area contributed by atoms with Gasteiger partial charge in [0.2, 0.25) is 5.12 Å². The van der Waals surface area contributed by atoms with E-state index >= 15 is 0 Å². The number of aliphatic hydroxyl groups is 1. The first-order valence-corrected chi connectivity index (χ1v) is 6.66. The molecule has 0 unspecified atom stereocenters. The molecule has 1 aromatic carbocycles. The molecular formula is C13H17ClO2S. The van der Waals surface area contributed by atoms with E-state index in [-0.39, 0.29) is 9.86 Å². The second kappa shape index (κ2) is 5.89. The monoisotopic (exact) mass is 272 g/mol. The van der Waals surface area contributed by atoms with Crippen LogP contribution in [0, 0.1) is 0 Å². The minimum absolute atomic E-state index is 0.194. The topological polar surface area (TPSA) is 37.3 Å².